The molecule has 0 radical (unpaired) electrons. The van der Waals surface area contributed by atoms with Crippen molar-refractivity contribution in [2.75, 3.05) is 11.9 Å². The van der Waals surface area contributed by atoms with Gasteiger partial charge in [-0.1, -0.05) is 13.8 Å². The molecule has 0 unspecified atom stereocenters. The number of nitrogens with zero attached hydrogens (tertiary/aromatic N) is 1. The maximum Gasteiger partial charge on any atom is 0.335 e. The number of carboxylic acid groups (broad SMARTS) is 1. The summed E-state index contributed by atoms with van der Waals surface area (Å²) < 4.78 is 5.58. The summed E-state index contributed by atoms with van der Waals surface area (Å²) in [5, 5.41) is 12.2. The molecule has 1 aliphatic rings. The molecule has 1 aliphatic carbocycles. The second-order valence-electron chi connectivity index (χ2n) is 5.88. The van der Waals surface area contributed by atoms with E-state index in [1.165, 1.54) is 25.0 Å². The predicted octanol–water partition coefficient (Wildman–Crippen LogP) is 3.37. The molecule has 0 saturated heterocycles. The minimum atomic E-state index is -0.963. The number of nitrogens with one attached hydrogen (secondary N) is 1. The van der Waals surface area contributed by atoms with E-state index in [1.54, 1.807) is 6.07 Å². The Kier molecular flexibility index (Phi) is 2.92. The van der Waals surface area contributed by atoms with Gasteiger partial charge in [-0.05, 0) is 42.4 Å². The van der Waals surface area contributed by atoms with Gasteiger partial charge >= 0.3 is 5.97 Å². The number of anilines is 1. The third-order valence-electron chi connectivity index (χ3n) is 4.34. The summed E-state index contributed by atoms with van der Waals surface area (Å²) in [5.41, 5.74) is 1.75. The largest absolute Gasteiger partial charge is 0.478 e. The minimum absolute atomic E-state index is 0.209. The van der Waals surface area contributed by atoms with Gasteiger partial charge in [0.05, 0.1) is 5.56 Å². The van der Waals surface area contributed by atoms with Crippen molar-refractivity contribution in [2.24, 2.45) is 11.3 Å². The molecule has 1 aromatic carbocycles. The highest BCUT2D eigenvalue weighted by atomic mass is 16.4. The molecule has 0 aliphatic heterocycles. The third-order valence-corrected chi connectivity index (χ3v) is 4.34. The van der Waals surface area contributed by atoms with Crippen LogP contribution < -0.4 is 5.32 Å². The second-order valence-corrected chi connectivity index (χ2v) is 5.88. The fourth-order valence-electron chi connectivity index (χ4n) is 2.50. The summed E-state index contributed by atoms with van der Waals surface area (Å²) in [6.45, 7) is 5.32. The van der Waals surface area contributed by atoms with Crippen molar-refractivity contribution in [3.8, 4) is 0 Å². The molecule has 0 amide bonds. The Labute approximate surface area is 117 Å². The van der Waals surface area contributed by atoms with E-state index in [0.717, 1.165) is 6.54 Å². The summed E-state index contributed by atoms with van der Waals surface area (Å²) in [6, 6.07) is 5.18. The number of oxazole rings is 1. The van der Waals surface area contributed by atoms with Gasteiger partial charge < -0.3 is 14.8 Å². The molecular weight excluding hydrogens is 256 g/mol. The molecule has 5 heteroatoms. The van der Waals surface area contributed by atoms with E-state index in [9.17, 15) is 4.79 Å². The first-order chi connectivity index (χ1) is 9.50. The van der Waals surface area contributed by atoms with Gasteiger partial charge in [0.1, 0.15) is 5.52 Å². The highest BCUT2D eigenvalue weighted by Crippen LogP contribution is 2.51. The number of aromatic nitrogens is 1. The molecule has 20 heavy (non-hydrogen) atoms. The molecule has 1 aromatic heterocycles. The number of fused-ring (bicyclic) bond motifs is 1. The van der Waals surface area contributed by atoms with Crippen LogP contribution in [-0.4, -0.2) is 22.6 Å². The summed E-state index contributed by atoms with van der Waals surface area (Å²) in [7, 11) is 0. The number of carboxylic acids is 1. The van der Waals surface area contributed by atoms with Gasteiger partial charge in [0.2, 0.25) is 0 Å². The molecule has 1 heterocycles. The standard InChI is InChI=1S/C15H18N2O3/c1-9(2)15(5-6-15)8-16-14-17-11-4-3-10(13(18)19)7-12(11)20-14/h3-4,7,9H,5-6,8H2,1-2H3,(H,16,17)(H,18,19). The number of hydrogen-bond acceptors (Lipinski definition) is 4. The van der Waals surface area contributed by atoms with Gasteiger partial charge in [-0.2, -0.15) is 4.98 Å². The summed E-state index contributed by atoms with van der Waals surface area (Å²) >= 11 is 0. The Morgan fingerprint density at radius 2 is 2.25 bits per heavy atom. The Hall–Kier alpha value is -2.04. The van der Waals surface area contributed by atoms with Crippen molar-refractivity contribution in [1.29, 1.82) is 0 Å². The quantitative estimate of drug-likeness (QED) is 0.874. The van der Waals surface area contributed by atoms with Crippen molar-refractivity contribution >= 4 is 23.1 Å². The van der Waals surface area contributed by atoms with Crippen LogP contribution in [0.4, 0.5) is 6.01 Å². The number of rotatable bonds is 5. The van der Waals surface area contributed by atoms with Gasteiger partial charge in [-0.25, -0.2) is 4.79 Å². The number of benzene rings is 1. The van der Waals surface area contributed by atoms with Crippen molar-refractivity contribution < 1.29 is 14.3 Å². The van der Waals surface area contributed by atoms with Crippen molar-refractivity contribution in [3.05, 3.63) is 23.8 Å². The monoisotopic (exact) mass is 274 g/mol. The Balaban J connectivity index is 1.78. The molecule has 0 atom stereocenters. The molecule has 0 spiro atoms. The first-order valence-corrected chi connectivity index (χ1v) is 6.88. The van der Waals surface area contributed by atoms with E-state index in [2.05, 4.69) is 24.1 Å². The second kappa shape index (κ2) is 4.51. The molecule has 1 fully saturated rings. The van der Waals surface area contributed by atoms with Crippen LogP contribution >= 0.6 is 0 Å². The Morgan fingerprint density at radius 3 is 2.85 bits per heavy atom. The van der Waals surface area contributed by atoms with Crippen LogP contribution in [0.1, 0.15) is 37.0 Å². The van der Waals surface area contributed by atoms with Crippen LogP contribution in [0.5, 0.6) is 0 Å². The third kappa shape index (κ3) is 2.24. The maximum absolute atomic E-state index is 10.9. The van der Waals surface area contributed by atoms with E-state index in [1.807, 2.05) is 0 Å². The van der Waals surface area contributed by atoms with Gasteiger partial charge in [0.15, 0.2) is 5.58 Å². The molecule has 1 saturated carbocycles. The van der Waals surface area contributed by atoms with Gasteiger partial charge in [-0.15, -0.1) is 0 Å². The minimum Gasteiger partial charge on any atom is -0.478 e. The van der Waals surface area contributed by atoms with Crippen LogP contribution in [0.15, 0.2) is 22.6 Å². The predicted molar refractivity (Wildman–Crippen MR) is 76.0 cm³/mol. The normalized spacial score (nSPS) is 16.6. The van der Waals surface area contributed by atoms with Gasteiger partial charge in [-0.3, -0.25) is 0 Å². The summed E-state index contributed by atoms with van der Waals surface area (Å²) in [4.78, 5) is 15.2. The molecule has 2 N–H and O–H groups in total. The van der Waals surface area contributed by atoms with Crippen LogP contribution in [0.2, 0.25) is 0 Å². The smallest absolute Gasteiger partial charge is 0.335 e. The zero-order chi connectivity index (χ0) is 14.3. The van der Waals surface area contributed by atoms with E-state index in [-0.39, 0.29) is 5.56 Å². The summed E-state index contributed by atoms with van der Waals surface area (Å²) in [5.74, 6) is -0.326. The summed E-state index contributed by atoms with van der Waals surface area (Å²) in [6.07, 6.45) is 2.47. The lowest BCUT2D eigenvalue weighted by Gasteiger charge is -2.19. The number of carbonyl (C=O) groups is 1. The van der Waals surface area contributed by atoms with Crippen molar-refractivity contribution in [1.82, 2.24) is 4.98 Å². The highest BCUT2D eigenvalue weighted by Gasteiger charge is 2.45. The van der Waals surface area contributed by atoms with Gasteiger partial charge in [0, 0.05) is 6.54 Å². The van der Waals surface area contributed by atoms with Gasteiger partial charge in [0.25, 0.3) is 6.01 Å². The van der Waals surface area contributed by atoms with Crippen LogP contribution in [-0.2, 0) is 0 Å². The molecule has 2 aromatic rings. The molecular formula is C15H18N2O3. The lowest BCUT2D eigenvalue weighted by molar-refractivity contribution is 0.0697. The fourth-order valence-corrected chi connectivity index (χ4v) is 2.50. The molecule has 3 rings (SSSR count). The van der Waals surface area contributed by atoms with E-state index in [0.29, 0.717) is 28.4 Å². The van der Waals surface area contributed by atoms with Crippen LogP contribution in [0.25, 0.3) is 11.1 Å². The SMILES string of the molecule is CC(C)C1(CNc2nc3ccc(C(=O)O)cc3o2)CC1. The first kappa shape index (κ1) is 13.0. The molecule has 106 valence electrons. The fraction of sp³-hybridized carbons (Fsp3) is 0.467. The molecule has 0 bridgehead atoms. The molecule has 5 nitrogen and oxygen atoms in total. The first-order valence-electron chi connectivity index (χ1n) is 6.88. The highest BCUT2D eigenvalue weighted by molar-refractivity contribution is 5.92. The lowest BCUT2D eigenvalue weighted by Crippen LogP contribution is -2.20. The lowest BCUT2D eigenvalue weighted by atomic mass is 9.92. The maximum atomic E-state index is 10.9. The number of hydrogen-bond donors (Lipinski definition) is 2. The Morgan fingerprint density at radius 1 is 1.50 bits per heavy atom. The Bertz CT molecular complexity index is 656. The van der Waals surface area contributed by atoms with E-state index in [4.69, 9.17) is 9.52 Å². The topological polar surface area (TPSA) is 75.4 Å². The van der Waals surface area contributed by atoms with Crippen molar-refractivity contribution in [3.63, 3.8) is 0 Å². The average molecular weight is 274 g/mol. The van der Waals surface area contributed by atoms with Crippen LogP contribution in [0, 0.1) is 11.3 Å². The van der Waals surface area contributed by atoms with Crippen LogP contribution in [0.3, 0.4) is 0 Å². The average Bonchev–Trinajstić information content (AvgIpc) is 3.09. The van der Waals surface area contributed by atoms with E-state index < -0.39 is 5.97 Å². The zero-order valence-corrected chi connectivity index (χ0v) is 11.6. The van der Waals surface area contributed by atoms with E-state index >= 15 is 0 Å². The zero-order valence-electron chi connectivity index (χ0n) is 11.6. The number of aromatic carboxylic acids is 1. The van der Waals surface area contributed by atoms with Crippen molar-refractivity contribution in [2.45, 2.75) is 26.7 Å².